The molecule has 0 radical (unpaired) electrons. The van der Waals surface area contributed by atoms with E-state index in [1.165, 1.54) is 14.1 Å². The Hall–Kier alpha value is -1.19. The zero-order valence-corrected chi connectivity index (χ0v) is 10.7. The summed E-state index contributed by atoms with van der Waals surface area (Å²) in [5, 5.41) is 8.44. The molecule has 0 aliphatic carbocycles. The summed E-state index contributed by atoms with van der Waals surface area (Å²) in [5.41, 5.74) is 0. The molecule has 0 aliphatic rings. The number of carboxylic acids is 1. The number of rotatable bonds is 7. The second kappa shape index (κ2) is 6.52. The molecular weight excluding hydrogens is 252 g/mol. The Morgan fingerprint density at radius 2 is 1.76 bits per heavy atom. The van der Waals surface area contributed by atoms with Crippen molar-refractivity contribution in [3.8, 4) is 0 Å². The van der Waals surface area contributed by atoms with Gasteiger partial charge in [-0.25, -0.2) is 0 Å². The zero-order valence-electron chi connectivity index (χ0n) is 9.91. The summed E-state index contributed by atoms with van der Waals surface area (Å²) in [4.78, 5) is 21.2. The number of aliphatic carboxylic acids is 1. The molecule has 0 saturated heterocycles. The third kappa shape index (κ3) is 5.11. The molecular formula is C8H16N2O6S. The van der Waals surface area contributed by atoms with Crippen LogP contribution in [0.1, 0.15) is 6.42 Å². The van der Waals surface area contributed by atoms with Gasteiger partial charge in [0, 0.05) is 20.6 Å². The van der Waals surface area contributed by atoms with Crippen LogP contribution in [0.15, 0.2) is 0 Å². The van der Waals surface area contributed by atoms with Gasteiger partial charge in [0.2, 0.25) is 0 Å². The molecule has 0 atom stereocenters. The van der Waals surface area contributed by atoms with Gasteiger partial charge in [-0.15, -0.1) is 0 Å². The molecule has 0 spiro atoms. The van der Waals surface area contributed by atoms with Crippen molar-refractivity contribution < 1.29 is 27.9 Å². The maximum Gasteiger partial charge on any atom is 0.321 e. The van der Waals surface area contributed by atoms with Crippen molar-refractivity contribution >= 4 is 22.1 Å². The SMILES string of the molecule is COC(=O)CN(C)S(=O)(=O)N(C)CCC(=O)O. The van der Waals surface area contributed by atoms with Crippen LogP contribution < -0.4 is 0 Å². The first-order chi connectivity index (χ1) is 7.71. The Morgan fingerprint density at radius 3 is 2.18 bits per heavy atom. The van der Waals surface area contributed by atoms with Crippen molar-refractivity contribution in [2.24, 2.45) is 0 Å². The van der Waals surface area contributed by atoms with E-state index in [9.17, 15) is 18.0 Å². The number of hydrogen-bond donors (Lipinski definition) is 1. The van der Waals surface area contributed by atoms with E-state index in [2.05, 4.69) is 4.74 Å². The standard InChI is InChI=1S/C8H16N2O6S/c1-9(5-4-7(11)12)17(14,15)10(2)6-8(13)16-3/h4-6H2,1-3H3,(H,11,12). The molecule has 0 aliphatic heterocycles. The first-order valence-corrected chi connectivity index (χ1v) is 6.07. The lowest BCUT2D eigenvalue weighted by Gasteiger charge is -2.22. The van der Waals surface area contributed by atoms with Crippen LogP contribution in [0.3, 0.4) is 0 Å². The van der Waals surface area contributed by atoms with Crippen LogP contribution in [0.5, 0.6) is 0 Å². The van der Waals surface area contributed by atoms with Crippen molar-refractivity contribution in [1.82, 2.24) is 8.61 Å². The Balaban J connectivity index is 4.54. The Kier molecular flexibility index (Phi) is 6.07. The van der Waals surface area contributed by atoms with Gasteiger partial charge in [-0.3, -0.25) is 9.59 Å². The number of likely N-dealkylation sites (N-methyl/N-ethyl adjacent to an activating group) is 1. The predicted molar refractivity (Wildman–Crippen MR) is 58.4 cm³/mol. The molecule has 0 bridgehead atoms. The monoisotopic (exact) mass is 268 g/mol. The highest BCUT2D eigenvalue weighted by atomic mass is 32.2. The summed E-state index contributed by atoms with van der Waals surface area (Å²) in [6.45, 7) is -0.584. The second-order valence-corrected chi connectivity index (χ2v) is 5.45. The lowest BCUT2D eigenvalue weighted by Crippen LogP contribution is -2.42. The van der Waals surface area contributed by atoms with E-state index in [1.807, 2.05) is 0 Å². The maximum absolute atomic E-state index is 11.7. The number of hydrogen-bond acceptors (Lipinski definition) is 5. The molecule has 0 aromatic heterocycles. The topological polar surface area (TPSA) is 104 Å². The number of ether oxygens (including phenoxy) is 1. The number of methoxy groups -OCH3 is 1. The molecule has 1 N–H and O–H groups in total. The smallest absolute Gasteiger partial charge is 0.321 e. The molecule has 9 heteroatoms. The Bertz CT molecular complexity index is 379. The number of carbonyl (C=O) groups is 2. The van der Waals surface area contributed by atoms with E-state index in [0.717, 1.165) is 15.7 Å². The van der Waals surface area contributed by atoms with E-state index in [1.54, 1.807) is 0 Å². The Morgan fingerprint density at radius 1 is 1.24 bits per heavy atom. The second-order valence-electron chi connectivity index (χ2n) is 3.31. The molecule has 0 unspecified atom stereocenters. The molecule has 0 rings (SSSR count). The van der Waals surface area contributed by atoms with Crippen LogP contribution in [0.25, 0.3) is 0 Å². The first-order valence-electron chi connectivity index (χ1n) is 4.68. The van der Waals surface area contributed by atoms with Gasteiger partial charge >= 0.3 is 11.9 Å². The van der Waals surface area contributed by atoms with Crippen LogP contribution in [-0.4, -0.2) is 68.4 Å². The van der Waals surface area contributed by atoms with Gasteiger partial charge in [0.15, 0.2) is 0 Å². The summed E-state index contributed by atoms with van der Waals surface area (Å²) >= 11 is 0. The van der Waals surface area contributed by atoms with Crippen molar-refractivity contribution in [3.63, 3.8) is 0 Å². The summed E-state index contributed by atoms with van der Waals surface area (Å²) in [6, 6.07) is 0. The highest BCUT2D eigenvalue weighted by molar-refractivity contribution is 7.86. The fourth-order valence-corrected chi connectivity index (χ4v) is 2.00. The molecule has 0 heterocycles. The van der Waals surface area contributed by atoms with Gasteiger partial charge < -0.3 is 9.84 Å². The molecule has 100 valence electrons. The van der Waals surface area contributed by atoms with Crippen LogP contribution in [0.2, 0.25) is 0 Å². The average molecular weight is 268 g/mol. The van der Waals surface area contributed by atoms with Gasteiger partial charge in [-0.1, -0.05) is 0 Å². The quantitative estimate of drug-likeness (QED) is 0.578. The third-order valence-electron chi connectivity index (χ3n) is 2.01. The van der Waals surface area contributed by atoms with Crippen molar-refractivity contribution in [1.29, 1.82) is 0 Å². The van der Waals surface area contributed by atoms with Crippen LogP contribution in [0, 0.1) is 0 Å². The van der Waals surface area contributed by atoms with Gasteiger partial charge in [0.05, 0.1) is 13.5 Å². The Labute approximate surface area is 99.9 Å². The fourth-order valence-electron chi connectivity index (χ4n) is 0.934. The van der Waals surface area contributed by atoms with Crippen molar-refractivity contribution in [2.45, 2.75) is 6.42 Å². The van der Waals surface area contributed by atoms with Gasteiger partial charge in [-0.05, 0) is 0 Å². The molecule has 0 saturated carbocycles. The van der Waals surface area contributed by atoms with E-state index in [0.29, 0.717) is 0 Å². The molecule has 0 aromatic carbocycles. The van der Waals surface area contributed by atoms with Crippen LogP contribution >= 0.6 is 0 Å². The maximum atomic E-state index is 11.7. The van der Waals surface area contributed by atoms with Crippen molar-refractivity contribution in [2.75, 3.05) is 34.3 Å². The summed E-state index contributed by atoms with van der Waals surface area (Å²) in [6.07, 6.45) is -0.304. The summed E-state index contributed by atoms with van der Waals surface area (Å²) in [7, 11) is -0.234. The van der Waals surface area contributed by atoms with E-state index in [4.69, 9.17) is 5.11 Å². The molecule has 0 fully saturated rings. The molecule has 0 aromatic rings. The predicted octanol–water partition coefficient (Wildman–Crippen LogP) is -1.26. The highest BCUT2D eigenvalue weighted by Gasteiger charge is 2.25. The zero-order chi connectivity index (χ0) is 13.6. The van der Waals surface area contributed by atoms with E-state index < -0.39 is 28.7 Å². The average Bonchev–Trinajstić information content (AvgIpc) is 2.25. The largest absolute Gasteiger partial charge is 0.481 e. The minimum Gasteiger partial charge on any atom is -0.481 e. The molecule has 8 nitrogen and oxygen atoms in total. The normalized spacial score (nSPS) is 11.8. The van der Waals surface area contributed by atoms with Gasteiger partial charge in [-0.2, -0.15) is 17.0 Å². The minimum absolute atomic E-state index is 0.164. The summed E-state index contributed by atoms with van der Waals surface area (Å²) < 4.78 is 29.5. The lowest BCUT2D eigenvalue weighted by molar-refractivity contribution is -0.141. The number of esters is 1. The van der Waals surface area contributed by atoms with E-state index in [-0.39, 0.29) is 13.0 Å². The summed E-state index contributed by atoms with van der Waals surface area (Å²) in [5.74, 6) is -1.79. The van der Waals surface area contributed by atoms with E-state index >= 15 is 0 Å². The lowest BCUT2D eigenvalue weighted by atomic mass is 10.4. The molecule has 17 heavy (non-hydrogen) atoms. The van der Waals surface area contributed by atoms with Crippen LogP contribution in [0.4, 0.5) is 0 Å². The van der Waals surface area contributed by atoms with Crippen LogP contribution in [-0.2, 0) is 24.5 Å². The van der Waals surface area contributed by atoms with Gasteiger partial charge in [0.1, 0.15) is 6.54 Å². The number of carboxylic acid groups (broad SMARTS) is 1. The highest BCUT2D eigenvalue weighted by Crippen LogP contribution is 2.04. The number of carbonyl (C=O) groups excluding carboxylic acids is 1. The molecule has 0 amide bonds. The third-order valence-corrected chi connectivity index (χ3v) is 3.89. The van der Waals surface area contributed by atoms with Crippen molar-refractivity contribution in [3.05, 3.63) is 0 Å². The fraction of sp³-hybridized carbons (Fsp3) is 0.750. The minimum atomic E-state index is -3.84. The first kappa shape index (κ1) is 15.8. The van der Waals surface area contributed by atoms with Gasteiger partial charge in [0.25, 0.3) is 10.2 Å². The number of nitrogens with zero attached hydrogens (tertiary/aromatic N) is 2.